The third kappa shape index (κ3) is 3.79. The molecule has 0 atom stereocenters. The first kappa shape index (κ1) is 21.1. The Morgan fingerprint density at radius 2 is 1.83 bits per heavy atom. The molecule has 0 unspecified atom stereocenters. The van der Waals surface area contributed by atoms with Crippen molar-refractivity contribution in [2.45, 2.75) is 55.7 Å². The standard InChI is InChI=1S/C23H26N2O3S/c1-17-9-10-18(2)21(13-17)29(27,28)23(11-4-5-12-23)22(26)25(3)16-20-8-6-7-19(14-20)15-24/h6-10,13-14H,4-5,11-12,16H2,1-3H3. The molecule has 0 spiro atoms. The molecule has 0 radical (unpaired) electrons. The van der Waals surface area contributed by atoms with Crippen molar-refractivity contribution in [3.05, 3.63) is 64.7 Å². The highest BCUT2D eigenvalue weighted by Gasteiger charge is 2.54. The molecule has 152 valence electrons. The lowest BCUT2D eigenvalue weighted by atomic mass is 10.0. The zero-order valence-electron chi connectivity index (χ0n) is 17.1. The van der Waals surface area contributed by atoms with Crippen LogP contribution in [0.4, 0.5) is 0 Å². The van der Waals surface area contributed by atoms with Crippen molar-refractivity contribution >= 4 is 15.7 Å². The van der Waals surface area contributed by atoms with Crippen LogP contribution >= 0.6 is 0 Å². The van der Waals surface area contributed by atoms with Crippen molar-refractivity contribution in [2.75, 3.05) is 7.05 Å². The molecule has 29 heavy (non-hydrogen) atoms. The largest absolute Gasteiger partial charge is 0.340 e. The Kier molecular flexibility index (Phi) is 5.81. The minimum Gasteiger partial charge on any atom is -0.340 e. The summed E-state index contributed by atoms with van der Waals surface area (Å²) in [6.07, 6.45) is 2.11. The Balaban J connectivity index is 1.98. The van der Waals surface area contributed by atoms with Crippen molar-refractivity contribution < 1.29 is 13.2 Å². The summed E-state index contributed by atoms with van der Waals surface area (Å²) in [6, 6.07) is 14.5. The van der Waals surface area contributed by atoms with Crippen molar-refractivity contribution in [3.8, 4) is 6.07 Å². The Labute approximate surface area is 172 Å². The molecule has 5 nitrogen and oxygen atoms in total. The summed E-state index contributed by atoms with van der Waals surface area (Å²) in [6.45, 7) is 3.89. The lowest BCUT2D eigenvalue weighted by Crippen LogP contribution is -2.51. The molecule has 1 amide bonds. The SMILES string of the molecule is Cc1ccc(C)c(S(=O)(=O)C2(C(=O)N(C)Cc3cccc(C#N)c3)CCCC2)c1. The molecule has 0 heterocycles. The van der Waals surface area contributed by atoms with E-state index >= 15 is 0 Å². The van der Waals surface area contributed by atoms with E-state index in [0.717, 1.165) is 11.1 Å². The minimum absolute atomic E-state index is 0.257. The molecule has 1 fully saturated rings. The zero-order valence-corrected chi connectivity index (χ0v) is 17.9. The summed E-state index contributed by atoms with van der Waals surface area (Å²) in [7, 11) is -2.21. The zero-order chi connectivity index (χ0) is 21.2. The topological polar surface area (TPSA) is 78.2 Å². The van der Waals surface area contributed by atoms with E-state index < -0.39 is 14.6 Å². The second-order valence-electron chi connectivity index (χ2n) is 7.95. The number of carbonyl (C=O) groups excluding carboxylic acids is 1. The summed E-state index contributed by atoms with van der Waals surface area (Å²) in [4.78, 5) is 15.3. The third-order valence-electron chi connectivity index (χ3n) is 5.77. The van der Waals surface area contributed by atoms with Crippen LogP contribution < -0.4 is 0 Å². The lowest BCUT2D eigenvalue weighted by Gasteiger charge is -2.32. The van der Waals surface area contributed by atoms with Gasteiger partial charge < -0.3 is 4.90 Å². The molecular formula is C23H26N2O3S. The quantitative estimate of drug-likeness (QED) is 0.748. The van der Waals surface area contributed by atoms with Gasteiger partial charge in [-0.15, -0.1) is 0 Å². The van der Waals surface area contributed by atoms with Gasteiger partial charge in [-0.25, -0.2) is 8.42 Å². The first-order valence-corrected chi connectivity index (χ1v) is 11.3. The van der Waals surface area contributed by atoms with Gasteiger partial charge in [-0.2, -0.15) is 5.26 Å². The number of nitrogens with zero attached hydrogens (tertiary/aromatic N) is 2. The third-order valence-corrected chi connectivity index (χ3v) is 8.40. The molecule has 1 aliphatic rings. The molecule has 0 saturated heterocycles. The Bertz CT molecular complexity index is 1080. The van der Waals surface area contributed by atoms with E-state index in [1.807, 2.05) is 19.1 Å². The first-order valence-electron chi connectivity index (χ1n) is 9.78. The monoisotopic (exact) mass is 410 g/mol. The summed E-state index contributed by atoms with van der Waals surface area (Å²) in [5, 5.41) is 9.09. The molecule has 1 saturated carbocycles. The smallest absolute Gasteiger partial charge is 0.244 e. The van der Waals surface area contributed by atoms with Crippen molar-refractivity contribution in [1.82, 2.24) is 4.90 Å². The van der Waals surface area contributed by atoms with Crippen molar-refractivity contribution in [2.24, 2.45) is 0 Å². The van der Waals surface area contributed by atoms with Gasteiger partial charge in [0.2, 0.25) is 5.91 Å². The van der Waals surface area contributed by atoms with Gasteiger partial charge in [0.1, 0.15) is 0 Å². The van der Waals surface area contributed by atoms with E-state index in [1.165, 1.54) is 4.90 Å². The maximum atomic E-state index is 13.7. The highest BCUT2D eigenvalue weighted by atomic mass is 32.2. The maximum Gasteiger partial charge on any atom is 0.244 e. The number of hydrogen-bond donors (Lipinski definition) is 0. The van der Waals surface area contributed by atoms with Gasteiger partial charge in [0.25, 0.3) is 0 Å². The number of aryl methyl sites for hydroxylation is 2. The van der Waals surface area contributed by atoms with Gasteiger partial charge in [-0.05, 0) is 61.6 Å². The van der Waals surface area contributed by atoms with E-state index in [0.29, 0.717) is 36.8 Å². The normalized spacial score (nSPS) is 15.7. The number of sulfone groups is 1. The van der Waals surface area contributed by atoms with Gasteiger partial charge in [-0.1, -0.05) is 37.1 Å². The van der Waals surface area contributed by atoms with Crippen LogP contribution in [0.5, 0.6) is 0 Å². The average Bonchev–Trinajstić information content (AvgIpc) is 3.21. The predicted molar refractivity (Wildman–Crippen MR) is 112 cm³/mol. The number of carbonyl (C=O) groups is 1. The van der Waals surface area contributed by atoms with Crippen LogP contribution in [0.1, 0.15) is 47.9 Å². The summed E-state index contributed by atoms with van der Waals surface area (Å²) >= 11 is 0. The highest BCUT2D eigenvalue weighted by molar-refractivity contribution is 7.93. The summed E-state index contributed by atoms with van der Waals surface area (Å²) < 4.78 is 26.1. The molecule has 0 bridgehead atoms. The molecule has 2 aromatic carbocycles. The van der Waals surface area contributed by atoms with E-state index in [2.05, 4.69) is 6.07 Å². The Morgan fingerprint density at radius 3 is 2.48 bits per heavy atom. The van der Waals surface area contributed by atoms with Crippen LogP contribution in [-0.2, 0) is 21.2 Å². The van der Waals surface area contributed by atoms with E-state index in [9.17, 15) is 13.2 Å². The molecular weight excluding hydrogens is 384 g/mol. The summed E-state index contributed by atoms with van der Waals surface area (Å²) in [5.41, 5.74) is 2.84. The van der Waals surface area contributed by atoms with Gasteiger partial charge in [0.15, 0.2) is 14.6 Å². The fourth-order valence-electron chi connectivity index (χ4n) is 4.18. The maximum absolute atomic E-state index is 13.7. The Hall–Kier alpha value is -2.65. The second-order valence-corrected chi connectivity index (χ2v) is 10.2. The second kappa shape index (κ2) is 8.00. The molecule has 2 aromatic rings. The molecule has 1 aliphatic carbocycles. The molecule has 3 rings (SSSR count). The summed E-state index contributed by atoms with van der Waals surface area (Å²) in [5.74, 6) is -0.363. The molecule has 0 N–H and O–H groups in total. The van der Waals surface area contributed by atoms with Crippen LogP contribution in [0.25, 0.3) is 0 Å². The van der Waals surface area contributed by atoms with Crippen molar-refractivity contribution in [3.63, 3.8) is 0 Å². The van der Waals surface area contributed by atoms with Crippen LogP contribution in [0.2, 0.25) is 0 Å². The fraction of sp³-hybridized carbons (Fsp3) is 0.391. The number of amides is 1. The van der Waals surface area contributed by atoms with Crippen molar-refractivity contribution in [1.29, 1.82) is 5.26 Å². The predicted octanol–water partition coefficient (Wildman–Crippen LogP) is 3.92. The number of nitriles is 1. The van der Waals surface area contributed by atoms with E-state index in [-0.39, 0.29) is 17.3 Å². The molecule has 6 heteroatoms. The lowest BCUT2D eigenvalue weighted by molar-refractivity contribution is -0.133. The molecule has 0 aliphatic heterocycles. The van der Waals surface area contributed by atoms with Crippen LogP contribution in [0.3, 0.4) is 0 Å². The highest BCUT2D eigenvalue weighted by Crippen LogP contribution is 2.43. The fourth-order valence-corrected chi connectivity index (χ4v) is 6.65. The van der Waals surface area contributed by atoms with Gasteiger partial charge >= 0.3 is 0 Å². The van der Waals surface area contributed by atoms with Crippen LogP contribution in [0.15, 0.2) is 47.4 Å². The average molecular weight is 411 g/mol. The first-order chi connectivity index (χ1) is 13.7. The van der Waals surface area contributed by atoms with E-state index in [1.54, 1.807) is 44.3 Å². The Morgan fingerprint density at radius 1 is 1.14 bits per heavy atom. The number of hydrogen-bond acceptors (Lipinski definition) is 4. The number of benzene rings is 2. The van der Waals surface area contributed by atoms with Gasteiger partial charge in [0, 0.05) is 13.6 Å². The van der Waals surface area contributed by atoms with Gasteiger partial charge in [0.05, 0.1) is 16.5 Å². The minimum atomic E-state index is -3.85. The van der Waals surface area contributed by atoms with Crippen LogP contribution in [0, 0.1) is 25.2 Å². The molecule has 0 aromatic heterocycles. The van der Waals surface area contributed by atoms with Gasteiger partial charge in [-0.3, -0.25) is 4.79 Å². The number of rotatable bonds is 5. The van der Waals surface area contributed by atoms with E-state index in [4.69, 9.17) is 5.26 Å². The van der Waals surface area contributed by atoms with Crippen LogP contribution in [-0.4, -0.2) is 31.0 Å².